The molecule has 2 aliphatic rings. The Bertz CT molecular complexity index is 1030. The quantitative estimate of drug-likeness (QED) is 0.792. The topological polar surface area (TPSA) is 70.1 Å². The molecule has 0 bridgehead atoms. The number of benzene rings is 2. The SMILES string of the molecule is CN1C[C@@H]2CN(C(=O)OC(C)(C)C)C[C@H]2c2ccc(-c3cccc(CCO)c3)cc2C1=O. The van der Waals surface area contributed by atoms with Gasteiger partial charge in [-0.25, -0.2) is 4.79 Å². The summed E-state index contributed by atoms with van der Waals surface area (Å²) in [7, 11) is 1.83. The molecule has 1 fully saturated rings. The molecule has 2 heterocycles. The zero-order valence-electron chi connectivity index (χ0n) is 19.3. The molecule has 6 heteroatoms. The first-order chi connectivity index (χ1) is 15.2. The number of fused-ring (bicyclic) bond motifs is 3. The van der Waals surface area contributed by atoms with E-state index in [1.165, 1.54) is 0 Å². The molecule has 0 unspecified atom stereocenters. The lowest BCUT2D eigenvalue weighted by molar-refractivity contribution is 0.0284. The maximum absolute atomic E-state index is 13.2. The van der Waals surface area contributed by atoms with Gasteiger partial charge in [0.05, 0.1) is 0 Å². The van der Waals surface area contributed by atoms with Crippen LogP contribution in [0.25, 0.3) is 11.1 Å². The zero-order chi connectivity index (χ0) is 23.0. The zero-order valence-corrected chi connectivity index (χ0v) is 19.3. The number of aliphatic hydroxyl groups is 1. The van der Waals surface area contributed by atoms with Crippen molar-refractivity contribution in [3.05, 3.63) is 59.2 Å². The summed E-state index contributed by atoms with van der Waals surface area (Å²) in [6.45, 7) is 7.47. The fraction of sp³-hybridized carbons (Fsp3) is 0.462. The van der Waals surface area contributed by atoms with Crippen LogP contribution in [0, 0.1) is 5.92 Å². The minimum Gasteiger partial charge on any atom is -0.444 e. The number of nitrogens with zero attached hydrogens (tertiary/aromatic N) is 2. The first-order valence-electron chi connectivity index (χ1n) is 11.2. The second-order valence-corrected chi connectivity index (χ2v) is 9.91. The van der Waals surface area contributed by atoms with Gasteiger partial charge in [-0.2, -0.15) is 0 Å². The summed E-state index contributed by atoms with van der Waals surface area (Å²) in [5.41, 5.74) is 4.24. The van der Waals surface area contributed by atoms with Crippen LogP contribution in [0.15, 0.2) is 42.5 Å². The van der Waals surface area contributed by atoms with Gasteiger partial charge in [-0.05, 0) is 55.5 Å². The smallest absolute Gasteiger partial charge is 0.410 e. The van der Waals surface area contributed by atoms with Crippen molar-refractivity contribution in [1.82, 2.24) is 9.80 Å². The molecule has 2 aliphatic heterocycles. The number of carbonyl (C=O) groups excluding carboxylic acids is 2. The van der Waals surface area contributed by atoms with Crippen molar-refractivity contribution in [2.75, 3.05) is 33.3 Å². The number of rotatable bonds is 3. The summed E-state index contributed by atoms with van der Waals surface area (Å²) in [5.74, 6) is 0.296. The lowest BCUT2D eigenvalue weighted by Gasteiger charge is -2.25. The van der Waals surface area contributed by atoms with Crippen LogP contribution < -0.4 is 0 Å². The van der Waals surface area contributed by atoms with Gasteiger partial charge >= 0.3 is 6.09 Å². The van der Waals surface area contributed by atoms with Crippen LogP contribution in [0.3, 0.4) is 0 Å². The molecule has 0 radical (unpaired) electrons. The predicted molar refractivity (Wildman–Crippen MR) is 124 cm³/mol. The van der Waals surface area contributed by atoms with Crippen LogP contribution in [-0.4, -0.2) is 65.8 Å². The third kappa shape index (κ3) is 4.51. The van der Waals surface area contributed by atoms with Gasteiger partial charge in [0.15, 0.2) is 0 Å². The molecule has 2 aromatic rings. The van der Waals surface area contributed by atoms with Crippen LogP contribution in [0.4, 0.5) is 4.79 Å². The van der Waals surface area contributed by atoms with Crippen molar-refractivity contribution in [2.45, 2.75) is 38.7 Å². The molecule has 0 aliphatic carbocycles. The number of carbonyl (C=O) groups is 2. The molecule has 0 aromatic heterocycles. The minimum atomic E-state index is -0.536. The molecular formula is C26H32N2O4. The fourth-order valence-corrected chi connectivity index (χ4v) is 4.80. The summed E-state index contributed by atoms with van der Waals surface area (Å²) in [4.78, 5) is 29.4. The third-order valence-electron chi connectivity index (χ3n) is 6.29. The second-order valence-electron chi connectivity index (χ2n) is 9.91. The average Bonchev–Trinajstić information content (AvgIpc) is 3.12. The summed E-state index contributed by atoms with van der Waals surface area (Å²) >= 11 is 0. The molecule has 1 N–H and O–H groups in total. The highest BCUT2D eigenvalue weighted by atomic mass is 16.6. The predicted octanol–water partition coefficient (Wildman–Crippen LogP) is 3.92. The highest BCUT2D eigenvalue weighted by Gasteiger charge is 2.42. The molecular weight excluding hydrogens is 404 g/mol. The van der Waals surface area contributed by atoms with E-state index in [0.717, 1.165) is 22.3 Å². The molecule has 2 aromatic carbocycles. The molecule has 32 heavy (non-hydrogen) atoms. The van der Waals surface area contributed by atoms with E-state index in [9.17, 15) is 14.7 Å². The largest absolute Gasteiger partial charge is 0.444 e. The molecule has 2 amide bonds. The molecule has 6 nitrogen and oxygen atoms in total. The normalized spacial score (nSPS) is 20.6. The Kier molecular flexibility index (Phi) is 5.99. The van der Waals surface area contributed by atoms with E-state index < -0.39 is 5.60 Å². The van der Waals surface area contributed by atoms with Gasteiger partial charge in [0.1, 0.15) is 5.60 Å². The molecule has 0 saturated carbocycles. The second kappa shape index (κ2) is 8.58. The summed E-state index contributed by atoms with van der Waals surface area (Å²) in [5, 5.41) is 9.26. The number of ether oxygens (including phenoxy) is 1. The Hall–Kier alpha value is -2.86. The van der Waals surface area contributed by atoms with Crippen molar-refractivity contribution < 1.29 is 19.4 Å². The molecule has 1 saturated heterocycles. The standard InChI is InChI=1S/C26H32N2O4/c1-26(2,3)32-25(31)28-15-20-14-27(4)24(30)22-13-19(8-9-21(22)23(20)16-28)18-7-5-6-17(12-18)10-11-29/h5-9,12-13,20,23,29H,10-11,14-16H2,1-4H3/t20-,23-/m1/s1. The molecule has 4 rings (SSSR count). The Balaban J connectivity index is 1.66. The Labute approximate surface area is 189 Å². The van der Waals surface area contributed by atoms with Crippen LogP contribution in [0.1, 0.15) is 48.2 Å². The molecule has 2 atom stereocenters. The van der Waals surface area contributed by atoms with Crippen molar-refractivity contribution >= 4 is 12.0 Å². The van der Waals surface area contributed by atoms with Crippen LogP contribution in [-0.2, 0) is 11.2 Å². The van der Waals surface area contributed by atoms with Gasteiger partial charge in [-0.3, -0.25) is 4.79 Å². The van der Waals surface area contributed by atoms with Gasteiger partial charge in [0, 0.05) is 50.7 Å². The van der Waals surface area contributed by atoms with Gasteiger partial charge in [-0.15, -0.1) is 0 Å². The van der Waals surface area contributed by atoms with E-state index in [1.54, 1.807) is 9.80 Å². The minimum absolute atomic E-state index is 0.0200. The Morgan fingerprint density at radius 1 is 1.09 bits per heavy atom. The highest BCUT2D eigenvalue weighted by Crippen LogP contribution is 2.39. The number of amides is 2. The van der Waals surface area contributed by atoms with Gasteiger partial charge in [-0.1, -0.05) is 36.4 Å². The monoisotopic (exact) mass is 436 g/mol. The van der Waals surface area contributed by atoms with Crippen molar-refractivity contribution in [3.8, 4) is 11.1 Å². The van der Waals surface area contributed by atoms with Gasteiger partial charge < -0.3 is 19.6 Å². The molecule has 0 spiro atoms. The van der Waals surface area contributed by atoms with E-state index in [-0.39, 0.29) is 30.4 Å². The first-order valence-corrected chi connectivity index (χ1v) is 11.2. The summed E-state index contributed by atoms with van der Waals surface area (Å²) in [6, 6.07) is 14.1. The number of aliphatic hydroxyl groups excluding tert-OH is 1. The third-order valence-corrected chi connectivity index (χ3v) is 6.29. The van der Waals surface area contributed by atoms with E-state index in [0.29, 0.717) is 31.6 Å². The van der Waals surface area contributed by atoms with Crippen LogP contribution in [0.5, 0.6) is 0 Å². The molecule has 170 valence electrons. The highest BCUT2D eigenvalue weighted by molar-refractivity contribution is 5.97. The summed E-state index contributed by atoms with van der Waals surface area (Å²) in [6.07, 6.45) is 0.309. The van der Waals surface area contributed by atoms with Crippen LogP contribution >= 0.6 is 0 Å². The lowest BCUT2D eigenvalue weighted by atomic mass is 9.86. The van der Waals surface area contributed by atoms with Crippen molar-refractivity contribution in [2.24, 2.45) is 5.92 Å². The Morgan fingerprint density at radius 3 is 2.56 bits per heavy atom. The van der Waals surface area contributed by atoms with E-state index in [4.69, 9.17) is 4.74 Å². The number of likely N-dealkylation sites (tertiary alicyclic amines) is 1. The maximum atomic E-state index is 13.2. The lowest BCUT2D eigenvalue weighted by Crippen LogP contribution is -2.37. The van der Waals surface area contributed by atoms with E-state index in [1.807, 2.05) is 52.1 Å². The van der Waals surface area contributed by atoms with Gasteiger partial charge in [0.25, 0.3) is 5.91 Å². The first kappa shape index (κ1) is 22.3. The fourth-order valence-electron chi connectivity index (χ4n) is 4.80. The average molecular weight is 437 g/mol. The Morgan fingerprint density at radius 2 is 1.84 bits per heavy atom. The van der Waals surface area contributed by atoms with Crippen LogP contribution in [0.2, 0.25) is 0 Å². The number of hydrogen-bond acceptors (Lipinski definition) is 4. The van der Waals surface area contributed by atoms with E-state index >= 15 is 0 Å². The van der Waals surface area contributed by atoms with Gasteiger partial charge in [0.2, 0.25) is 0 Å². The van der Waals surface area contributed by atoms with E-state index in [2.05, 4.69) is 18.2 Å². The van der Waals surface area contributed by atoms with Crippen molar-refractivity contribution in [3.63, 3.8) is 0 Å². The maximum Gasteiger partial charge on any atom is 0.410 e. The summed E-state index contributed by atoms with van der Waals surface area (Å²) < 4.78 is 5.59. The number of hydrogen-bond donors (Lipinski definition) is 1. The van der Waals surface area contributed by atoms with Crippen molar-refractivity contribution in [1.29, 1.82) is 0 Å².